The first kappa shape index (κ1) is 19.7. The van der Waals surface area contributed by atoms with Crippen LogP contribution in [0.1, 0.15) is 40.7 Å². The molecule has 0 N–H and O–H groups in total. The van der Waals surface area contributed by atoms with Crippen LogP contribution in [0.15, 0.2) is 77.3 Å². The standard InChI is InChI=1S/C26H23N5O2/c32-26(30-14-12-19(13-15-30)25-27-22-10-3-4-11-24(22)33-25)23-17-31(29-28-23)16-20-8-5-7-18-6-1-2-9-21(18)20/h1-11,17,19H,12-16H2. The average molecular weight is 438 g/mol. The van der Waals surface area contributed by atoms with Gasteiger partial charge in [0.15, 0.2) is 17.2 Å². The molecule has 164 valence electrons. The number of nitrogens with zero attached hydrogens (tertiary/aromatic N) is 5. The molecule has 7 heteroatoms. The fourth-order valence-corrected chi connectivity index (χ4v) is 4.63. The van der Waals surface area contributed by atoms with Gasteiger partial charge in [-0.3, -0.25) is 4.79 Å². The van der Waals surface area contributed by atoms with Crippen molar-refractivity contribution in [1.29, 1.82) is 0 Å². The Morgan fingerprint density at radius 3 is 2.64 bits per heavy atom. The molecule has 1 amide bonds. The Kier molecular flexibility index (Phi) is 4.87. The van der Waals surface area contributed by atoms with Crippen molar-refractivity contribution in [1.82, 2.24) is 24.9 Å². The van der Waals surface area contributed by atoms with Crippen LogP contribution in [0.2, 0.25) is 0 Å². The molecule has 0 radical (unpaired) electrons. The van der Waals surface area contributed by atoms with Crippen LogP contribution in [0, 0.1) is 0 Å². The summed E-state index contributed by atoms with van der Waals surface area (Å²) < 4.78 is 7.67. The van der Waals surface area contributed by atoms with Gasteiger partial charge in [-0.25, -0.2) is 9.67 Å². The second-order valence-corrected chi connectivity index (χ2v) is 8.53. The number of benzene rings is 3. The first-order valence-electron chi connectivity index (χ1n) is 11.3. The van der Waals surface area contributed by atoms with E-state index in [-0.39, 0.29) is 11.8 Å². The third kappa shape index (κ3) is 3.75. The molecule has 7 nitrogen and oxygen atoms in total. The molecule has 0 spiro atoms. The normalized spacial score (nSPS) is 14.8. The van der Waals surface area contributed by atoms with Crippen molar-refractivity contribution in [2.75, 3.05) is 13.1 Å². The molecule has 5 aromatic rings. The van der Waals surface area contributed by atoms with Crippen molar-refractivity contribution in [2.24, 2.45) is 0 Å². The highest BCUT2D eigenvalue weighted by molar-refractivity contribution is 5.92. The maximum atomic E-state index is 13.0. The highest BCUT2D eigenvalue weighted by Gasteiger charge is 2.28. The number of hydrogen-bond donors (Lipinski definition) is 0. The van der Waals surface area contributed by atoms with E-state index in [1.807, 2.05) is 47.4 Å². The Hall–Kier alpha value is -4.00. The largest absolute Gasteiger partial charge is 0.440 e. The van der Waals surface area contributed by atoms with E-state index >= 15 is 0 Å². The first-order chi connectivity index (χ1) is 16.2. The van der Waals surface area contributed by atoms with Gasteiger partial charge >= 0.3 is 0 Å². The number of carbonyl (C=O) groups is 1. The van der Waals surface area contributed by atoms with E-state index in [0.29, 0.717) is 25.3 Å². The quantitative estimate of drug-likeness (QED) is 0.409. The summed E-state index contributed by atoms with van der Waals surface area (Å²) in [6.45, 7) is 1.87. The topological polar surface area (TPSA) is 77.1 Å². The van der Waals surface area contributed by atoms with Gasteiger partial charge in [0.25, 0.3) is 5.91 Å². The Balaban J connectivity index is 1.13. The summed E-state index contributed by atoms with van der Waals surface area (Å²) in [6, 6.07) is 22.3. The molecule has 0 bridgehead atoms. The van der Waals surface area contributed by atoms with E-state index in [0.717, 1.165) is 35.4 Å². The minimum absolute atomic E-state index is 0.0739. The Morgan fingerprint density at radius 1 is 0.970 bits per heavy atom. The molecule has 6 rings (SSSR count). The molecule has 2 aromatic heterocycles. The number of rotatable bonds is 4. The Morgan fingerprint density at radius 2 is 1.76 bits per heavy atom. The maximum Gasteiger partial charge on any atom is 0.276 e. The van der Waals surface area contributed by atoms with Crippen molar-refractivity contribution in [2.45, 2.75) is 25.3 Å². The SMILES string of the molecule is O=C(c1cn(Cc2cccc3ccccc23)nn1)N1CCC(c2nc3ccccc3o2)CC1. The first-order valence-corrected chi connectivity index (χ1v) is 11.3. The predicted octanol–water partition coefficient (Wildman–Crippen LogP) is 4.64. The summed E-state index contributed by atoms with van der Waals surface area (Å²) in [7, 11) is 0. The van der Waals surface area contributed by atoms with Crippen LogP contribution >= 0.6 is 0 Å². The second kappa shape index (κ2) is 8.16. The minimum Gasteiger partial charge on any atom is -0.440 e. The van der Waals surface area contributed by atoms with E-state index in [1.54, 1.807) is 10.9 Å². The fourth-order valence-electron chi connectivity index (χ4n) is 4.63. The molecule has 1 aliphatic rings. The van der Waals surface area contributed by atoms with Gasteiger partial charge in [0.05, 0.1) is 12.7 Å². The summed E-state index contributed by atoms with van der Waals surface area (Å²) >= 11 is 0. The van der Waals surface area contributed by atoms with Crippen LogP contribution in [0.3, 0.4) is 0 Å². The average Bonchev–Trinajstić information content (AvgIpc) is 3.51. The highest BCUT2D eigenvalue weighted by Crippen LogP contribution is 2.30. The van der Waals surface area contributed by atoms with Crippen molar-refractivity contribution in [3.8, 4) is 0 Å². The molecule has 0 saturated carbocycles. The Labute approximate surface area is 190 Å². The molecule has 33 heavy (non-hydrogen) atoms. The number of oxazole rings is 1. The second-order valence-electron chi connectivity index (χ2n) is 8.53. The van der Waals surface area contributed by atoms with Crippen LogP contribution in [0.25, 0.3) is 21.9 Å². The summed E-state index contributed by atoms with van der Waals surface area (Å²) in [5.41, 5.74) is 3.23. The van der Waals surface area contributed by atoms with E-state index in [2.05, 4.69) is 39.6 Å². The van der Waals surface area contributed by atoms with Gasteiger partial charge in [-0.05, 0) is 41.3 Å². The Bertz CT molecular complexity index is 1410. The summed E-state index contributed by atoms with van der Waals surface area (Å²) in [6.07, 6.45) is 3.39. The molecule has 3 aromatic carbocycles. The van der Waals surface area contributed by atoms with Crippen molar-refractivity contribution in [3.63, 3.8) is 0 Å². The van der Waals surface area contributed by atoms with E-state index in [4.69, 9.17) is 4.42 Å². The zero-order valence-electron chi connectivity index (χ0n) is 18.1. The number of likely N-dealkylation sites (tertiary alicyclic amines) is 1. The van der Waals surface area contributed by atoms with Crippen LogP contribution in [-0.4, -0.2) is 43.9 Å². The predicted molar refractivity (Wildman–Crippen MR) is 125 cm³/mol. The van der Waals surface area contributed by atoms with E-state index in [1.165, 1.54) is 10.8 Å². The van der Waals surface area contributed by atoms with Crippen LogP contribution in [-0.2, 0) is 6.54 Å². The molecular formula is C26H23N5O2. The number of aromatic nitrogens is 4. The van der Waals surface area contributed by atoms with Gasteiger partial charge < -0.3 is 9.32 Å². The van der Waals surface area contributed by atoms with Crippen LogP contribution in [0.4, 0.5) is 0 Å². The number of carbonyl (C=O) groups excluding carboxylic acids is 1. The van der Waals surface area contributed by atoms with Crippen LogP contribution < -0.4 is 0 Å². The monoisotopic (exact) mass is 437 g/mol. The lowest BCUT2D eigenvalue weighted by Gasteiger charge is -2.29. The van der Waals surface area contributed by atoms with Crippen LogP contribution in [0.5, 0.6) is 0 Å². The smallest absolute Gasteiger partial charge is 0.276 e. The third-order valence-corrected chi connectivity index (χ3v) is 6.41. The molecule has 0 aliphatic carbocycles. The van der Waals surface area contributed by atoms with E-state index in [9.17, 15) is 4.79 Å². The van der Waals surface area contributed by atoms with Gasteiger partial charge in [0, 0.05) is 19.0 Å². The molecule has 1 saturated heterocycles. The molecular weight excluding hydrogens is 414 g/mol. The molecule has 3 heterocycles. The van der Waals surface area contributed by atoms with Gasteiger partial charge in [-0.15, -0.1) is 5.10 Å². The lowest BCUT2D eigenvalue weighted by atomic mass is 9.96. The number of para-hydroxylation sites is 2. The molecule has 0 atom stereocenters. The van der Waals surface area contributed by atoms with Gasteiger partial charge in [0.2, 0.25) is 0 Å². The number of piperidine rings is 1. The third-order valence-electron chi connectivity index (χ3n) is 6.41. The lowest BCUT2D eigenvalue weighted by Crippen LogP contribution is -2.38. The van der Waals surface area contributed by atoms with E-state index < -0.39 is 0 Å². The maximum absolute atomic E-state index is 13.0. The summed E-state index contributed by atoms with van der Waals surface area (Å²) in [5, 5.41) is 10.8. The van der Waals surface area contributed by atoms with Crippen molar-refractivity contribution in [3.05, 3.63) is 90.1 Å². The number of hydrogen-bond acceptors (Lipinski definition) is 5. The van der Waals surface area contributed by atoms with Crippen molar-refractivity contribution >= 4 is 27.8 Å². The highest BCUT2D eigenvalue weighted by atomic mass is 16.3. The zero-order chi connectivity index (χ0) is 22.2. The molecule has 0 unspecified atom stereocenters. The van der Waals surface area contributed by atoms with Gasteiger partial charge in [-0.1, -0.05) is 59.8 Å². The zero-order valence-corrected chi connectivity index (χ0v) is 18.1. The number of amides is 1. The molecule has 1 aliphatic heterocycles. The minimum atomic E-state index is -0.0739. The summed E-state index contributed by atoms with van der Waals surface area (Å²) in [4.78, 5) is 19.5. The van der Waals surface area contributed by atoms with Gasteiger partial charge in [0.1, 0.15) is 5.52 Å². The summed E-state index contributed by atoms with van der Waals surface area (Å²) in [5.74, 6) is 0.919. The fraction of sp³-hybridized carbons (Fsp3) is 0.231. The number of fused-ring (bicyclic) bond motifs is 2. The van der Waals surface area contributed by atoms with Crippen molar-refractivity contribution < 1.29 is 9.21 Å². The van der Waals surface area contributed by atoms with Gasteiger partial charge in [-0.2, -0.15) is 0 Å². The molecule has 1 fully saturated rings. The lowest BCUT2D eigenvalue weighted by molar-refractivity contribution is 0.0700.